The molecule has 20 heavy (non-hydrogen) atoms. The molecule has 1 unspecified atom stereocenters. The van der Waals surface area contributed by atoms with Gasteiger partial charge in [-0.1, -0.05) is 30.9 Å². The summed E-state index contributed by atoms with van der Waals surface area (Å²) in [5.74, 6) is 1.54. The van der Waals surface area contributed by atoms with Crippen LogP contribution in [0.4, 0.5) is 5.69 Å². The van der Waals surface area contributed by atoms with Gasteiger partial charge in [-0.15, -0.1) is 0 Å². The Balaban J connectivity index is 1.91. The van der Waals surface area contributed by atoms with Crippen molar-refractivity contribution in [3.05, 3.63) is 26.8 Å². The van der Waals surface area contributed by atoms with Crippen molar-refractivity contribution >= 4 is 45.7 Å². The summed E-state index contributed by atoms with van der Waals surface area (Å²) < 4.78 is 1.14. The van der Waals surface area contributed by atoms with Crippen LogP contribution in [-0.4, -0.2) is 23.7 Å². The van der Waals surface area contributed by atoms with E-state index in [0.29, 0.717) is 12.5 Å². The van der Waals surface area contributed by atoms with Crippen LogP contribution in [0.1, 0.15) is 32.1 Å². The summed E-state index contributed by atoms with van der Waals surface area (Å²) in [6.07, 6.45) is 5.60. The molecule has 0 aromatic heterocycles. The molecule has 0 spiro atoms. The second kappa shape index (κ2) is 6.20. The molecule has 1 atom stereocenters. The molecule has 1 aromatic carbocycles. The lowest BCUT2D eigenvalue weighted by Gasteiger charge is -2.29. The zero-order chi connectivity index (χ0) is 14.1. The first-order valence-electron chi connectivity index (χ1n) is 7.13. The van der Waals surface area contributed by atoms with Gasteiger partial charge in [0.05, 0.1) is 12.2 Å². The molecule has 1 aliphatic carbocycles. The van der Waals surface area contributed by atoms with Gasteiger partial charge in [0.25, 0.3) is 0 Å². The standard InChI is InChI=1S/C15H18ClIN2O/c16-11-6-7-12(17)13(8-11)19-9-14(20)18-15(19)10-4-2-1-3-5-10/h6-8,10,14,20H,1-5,9H2. The van der Waals surface area contributed by atoms with E-state index < -0.39 is 6.23 Å². The molecule has 0 amide bonds. The quantitative estimate of drug-likeness (QED) is 0.755. The number of β-amino-alcohol motifs (C(OH)–C–C–N with tert-alkyl or cyclic N) is 1. The van der Waals surface area contributed by atoms with Crippen molar-refractivity contribution in [2.24, 2.45) is 10.9 Å². The topological polar surface area (TPSA) is 35.8 Å². The third-order valence-corrected chi connectivity index (χ3v) is 5.22. The fourth-order valence-electron chi connectivity index (χ4n) is 3.12. The van der Waals surface area contributed by atoms with Gasteiger partial charge in [0, 0.05) is 14.5 Å². The summed E-state index contributed by atoms with van der Waals surface area (Å²) in [4.78, 5) is 6.65. The van der Waals surface area contributed by atoms with E-state index >= 15 is 0 Å². The van der Waals surface area contributed by atoms with E-state index in [2.05, 4.69) is 32.5 Å². The van der Waals surface area contributed by atoms with E-state index in [4.69, 9.17) is 11.6 Å². The van der Waals surface area contributed by atoms with Gasteiger partial charge < -0.3 is 10.0 Å². The smallest absolute Gasteiger partial charge is 0.165 e. The number of hydrogen-bond donors (Lipinski definition) is 1. The summed E-state index contributed by atoms with van der Waals surface area (Å²) in [5, 5.41) is 10.7. The molecule has 3 nitrogen and oxygen atoms in total. The maximum absolute atomic E-state index is 9.96. The fraction of sp³-hybridized carbons (Fsp3) is 0.533. The zero-order valence-corrected chi connectivity index (χ0v) is 14.1. The SMILES string of the molecule is OC1CN(c2cc(Cl)ccc2I)C(C2CCCCC2)=N1. The molecule has 1 fully saturated rings. The van der Waals surface area contributed by atoms with Crippen LogP contribution >= 0.6 is 34.2 Å². The first kappa shape index (κ1) is 14.6. The van der Waals surface area contributed by atoms with Crippen LogP contribution in [0.3, 0.4) is 0 Å². The molecule has 0 saturated heterocycles. The number of aliphatic hydroxyl groups excluding tert-OH is 1. The van der Waals surface area contributed by atoms with Crippen LogP contribution in [0, 0.1) is 9.49 Å². The Labute approximate surface area is 138 Å². The molecular weight excluding hydrogens is 387 g/mol. The second-order valence-corrected chi connectivity index (χ2v) is 7.11. The minimum Gasteiger partial charge on any atom is -0.370 e. The number of rotatable bonds is 2. The number of nitrogens with zero attached hydrogens (tertiary/aromatic N) is 2. The Morgan fingerprint density at radius 1 is 1.25 bits per heavy atom. The van der Waals surface area contributed by atoms with Gasteiger partial charge in [0.2, 0.25) is 0 Å². The summed E-state index contributed by atoms with van der Waals surface area (Å²) >= 11 is 8.45. The van der Waals surface area contributed by atoms with E-state index in [-0.39, 0.29) is 0 Å². The van der Waals surface area contributed by atoms with Gasteiger partial charge in [0.15, 0.2) is 6.23 Å². The van der Waals surface area contributed by atoms with Gasteiger partial charge in [-0.3, -0.25) is 0 Å². The van der Waals surface area contributed by atoms with Crippen LogP contribution in [-0.2, 0) is 0 Å². The maximum atomic E-state index is 9.96. The van der Waals surface area contributed by atoms with Gasteiger partial charge in [-0.25, -0.2) is 4.99 Å². The summed E-state index contributed by atoms with van der Waals surface area (Å²) in [7, 11) is 0. The summed E-state index contributed by atoms with van der Waals surface area (Å²) in [6.45, 7) is 0.544. The van der Waals surface area contributed by atoms with E-state index in [1.807, 2.05) is 18.2 Å². The highest BCUT2D eigenvalue weighted by atomic mass is 127. The largest absolute Gasteiger partial charge is 0.370 e. The highest BCUT2D eigenvalue weighted by Gasteiger charge is 2.32. The van der Waals surface area contributed by atoms with Crippen molar-refractivity contribution in [3.63, 3.8) is 0 Å². The molecule has 108 valence electrons. The van der Waals surface area contributed by atoms with E-state index in [0.717, 1.165) is 20.1 Å². The Hall–Kier alpha value is -0.330. The monoisotopic (exact) mass is 404 g/mol. The number of amidine groups is 1. The van der Waals surface area contributed by atoms with Crippen LogP contribution in [0.2, 0.25) is 5.02 Å². The first-order chi connectivity index (χ1) is 9.65. The second-order valence-electron chi connectivity index (χ2n) is 5.51. The number of halogens is 2. The predicted molar refractivity (Wildman–Crippen MR) is 91.5 cm³/mol. The lowest BCUT2D eigenvalue weighted by Crippen LogP contribution is -2.35. The fourth-order valence-corrected chi connectivity index (χ4v) is 3.91. The van der Waals surface area contributed by atoms with Gasteiger partial charge >= 0.3 is 0 Å². The van der Waals surface area contributed by atoms with Crippen LogP contribution in [0.25, 0.3) is 0 Å². The molecule has 1 aliphatic heterocycles. The summed E-state index contributed by atoms with van der Waals surface area (Å²) in [5.41, 5.74) is 1.07. The average molecular weight is 405 g/mol. The molecule has 2 aliphatic rings. The number of aliphatic imine (C=N–C) groups is 1. The number of hydrogen-bond acceptors (Lipinski definition) is 3. The van der Waals surface area contributed by atoms with Crippen LogP contribution in [0.5, 0.6) is 0 Å². The molecular formula is C15H18ClIN2O. The average Bonchev–Trinajstić information content (AvgIpc) is 2.84. The zero-order valence-electron chi connectivity index (χ0n) is 11.2. The third-order valence-electron chi connectivity index (χ3n) is 4.07. The lowest BCUT2D eigenvalue weighted by atomic mass is 9.88. The first-order valence-corrected chi connectivity index (χ1v) is 8.59. The minimum atomic E-state index is -0.610. The third kappa shape index (κ3) is 2.97. The minimum absolute atomic E-state index is 0.482. The van der Waals surface area contributed by atoms with Crippen molar-refractivity contribution in [1.29, 1.82) is 0 Å². The number of anilines is 1. The van der Waals surface area contributed by atoms with E-state index in [9.17, 15) is 5.11 Å². The van der Waals surface area contributed by atoms with Gasteiger partial charge in [-0.2, -0.15) is 0 Å². The molecule has 0 bridgehead atoms. The van der Waals surface area contributed by atoms with Gasteiger partial charge in [0.1, 0.15) is 5.84 Å². The number of aliphatic hydroxyl groups is 1. The van der Waals surface area contributed by atoms with E-state index in [1.165, 1.54) is 32.1 Å². The Morgan fingerprint density at radius 3 is 2.75 bits per heavy atom. The van der Waals surface area contributed by atoms with Crippen LogP contribution in [0.15, 0.2) is 23.2 Å². The molecule has 5 heteroatoms. The van der Waals surface area contributed by atoms with Crippen molar-refractivity contribution in [3.8, 4) is 0 Å². The molecule has 1 saturated carbocycles. The highest BCUT2D eigenvalue weighted by Crippen LogP contribution is 2.34. The van der Waals surface area contributed by atoms with Gasteiger partial charge in [-0.05, 0) is 53.6 Å². The van der Waals surface area contributed by atoms with Crippen molar-refractivity contribution in [1.82, 2.24) is 0 Å². The number of benzene rings is 1. The van der Waals surface area contributed by atoms with Crippen molar-refractivity contribution in [2.45, 2.75) is 38.3 Å². The normalized spacial score (nSPS) is 24.1. The van der Waals surface area contributed by atoms with E-state index in [1.54, 1.807) is 0 Å². The molecule has 3 rings (SSSR count). The predicted octanol–water partition coefficient (Wildman–Crippen LogP) is 4.06. The Morgan fingerprint density at radius 2 is 2.00 bits per heavy atom. The van der Waals surface area contributed by atoms with Crippen molar-refractivity contribution < 1.29 is 5.11 Å². The van der Waals surface area contributed by atoms with Crippen molar-refractivity contribution in [2.75, 3.05) is 11.4 Å². The molecule has 0 radical (unpaired) electrons. The van der Waals surface area contributed by atoms with Crippen LogP contribution < -0.4 is 4.90 Å². The Bertz CT molecular complexity index is 529. The molecule has 1 N–H and O–H groups in total. The molecule has 1 heterocycles. The molecule has 1 aromatic rings. The summed E-state index contributed by atoms with van der Waals surface area (Å²) in [6, 6.07) is 5.89. The maximum Gasteiger partial charge on any atom is 0.165 e. The Kier molecular flexibility index (Phi) is 4.52. The lowest BCUT2D eigenvalue weighted by molar-refractivity contribution is 0.202. The highest BCUT2D eigenvalue weighted by molar-refractivity contribution is 14.1.